The standard InChI is InChI=1S/C27H25N5O/c1-4-7-24-25(5-2)31-26(15-14-20-10-12-21(17-28)13-11-20)32(27(24)29)23-9-6-8-22(16-23)18-30-19(3)33/h1,5-6,8-16,24,29H,7,18H2,2-3H3,(H,30,33)/b15-14+,25-5+,29-27?. The molecule has 1 atom stereocenters. The fourth-order valence-corrected chi connectivity index (χ4v) is 3.52. The Morgan fingerprint density at radius 2 is 2.03 bits per heavy atom. The normalized spacial score (nSPS) is 16.9. The number of anilines is 1. The zero-order valence-electron chi connectivity index (χ0n) is 18.7. The molecule has 2 aromatic rings. The van der Waals surface area contributed by atoms with E-state index < -0.39 is 0 Å². The third-order valence-corrected chi connectivity index (χ3v) is 5.19. The number of rotatable bonds is 6. The Bertz CT molecular complexity index is 1220. The lowest BCUT2D eigenvalue weighted by atomic mass is 9.96. The first-order valence-corrected chi connectivity index (χ1v) is 10.6. The lowest BCUT2D eigenvalue weighted by molar-refractivity contribution is -0.119. The van der Waals surface area contributed by atoms with Crippen molar-refractivity contribution < 1.29 is 4.79 Å². The highest BCUT2D eigenvalue weighted by Crippen LogP contribution is 2.30. The first-order valence-electron chi connectivity index (χ1n) is 10.6. The predicted molar refractivity (Wildman–Crippen MR) is 132 cm³/mol. The van der Waals surface area contributed by atoms with E-state index in [1.165, 1.54) is 6.92 Å². The van der Waals surface area contributed by atoms with Crippen molar-refractivity contribution in [2.45, 2.75) is 26.8 Å². The van der Waals surface area contributed by atoms with E-state index >= 15 is 0 Å². The van der Waals surface area contributed by atoms with Crippen LogP contribution < -0.4 is 10.2 Å². The fraction of sp³-hybridized carbons (Fsp3) is 0.185. The van der Waals surface area contributed by atoms with Crippen LogP contribution in [0.2, 0.25) is 0 Å². The molecule has 0 aromatic heterocycles. The predicted octanol–water partition coefficient (Wildman–Crippen LogP) is 4.65. The number of nitrogens with one attached hydrogen (secondary N) is 2. The van der Waals surface area contributed by atoms with Crippen LogP contribution in [-0.2, 0) is 11.3 Å². The highest BCUT2D eigenvalue weighted by molar-refractivity contribution is 6.25. The third-order valence-electron chi connectivity index (χ3n) is 5.19. The molecule has 0 spiro atoms. The summed E-state index contributed by atoms with van der Waals surface area (Å²) in [6, 6.07) is 17.0. The van der Waals surface area contributed by atoms with Crippen LogP contribution in [0.25, 0.3) is 6.08 Å². The average molecular weight is 436 g/mol. The molecule has 0 saturated heterocycles. The Kier molecular flexibility index (Phi) is 7.57. The minimum atomic E-state index is -0.314. The number of allylic oxidation sites excluding steroid dienone is 1. The highest BCUT2D eigenvalue weighted by Gasteiger charge is 2.31. The van der Waals surface area contributed by atoms with Gasteiger partial charge >= 0.3 is 0 Å². The molecular formula is C27H25N5O. The topological polar surface area (TPSA) is 92.3 Å². The van der Waals surface area contributed by atoms with E-state index in [9.17, 15) is 4.79 Å². The van der Waals surface area contributed by atoms with Crippen LogP contribution in [0, 0.1) is 35.0 Å². The van der Waals surface area contributed by atoms with Gasteiger partial charge in [0, 0.05) is 25.6 Å². The summed E-state index contributed by atoms with van der Waals surface area (Å²) in [6.45, 7) is 3.76. The van der Waals surface area contributed by atoms with Gasteiger partial charge in [0.25, 0.3) is 0 Å². The second-order valence-corrected chi connectivity index (χ2v) is 7.51. The number of aliphatic imine (C=N–C) groups is 1. The molecule has 33 heavy (non-hydrogen) atoms. The van der Waals surface area contributed by atoms with Crippen molar-refractivity contribution in [3.8, 4) is 18.4 Å². The minimum Gasteiger partial charge on any atom is -0.352 e. The van der Waals surface area contributed by atoms with Crippen LogP contribution in [0.5, 0.6) is 0 Å². The number of carbonyl (C=O) groups is 1. The summed E-state index contributed by atoms with van der Waals surface area (Å²) >= 11 is 0. The summed E-state index contributed by atoms with van der Waals surface area (Å²) in [5.41, 5.74) is 3.94. The van der Waals surface area contributed by atoms with E-state index in [0.29, 0.717) is 30.2 Å². The van der Waals surface area contributed by atoms with E-state index in [1.54, 1.807) is 17.0 Å². The number of amides is 1. The van der Waals surface area contributed by atoms with Crippen LogP contribution in [-0.4, -0.2) is 17.6 Å². The molecule has 1 aliphatic heterocycles. The Morgan fingerprint density at radius 3 is 2.67 bits per heavy atom. The number of benzene rings is 2. The smallest absolute Gasteiger partial charge is 0.217 e. The molecule has 1 aliphatic rings. The van der Waals surface area contributed by atoms with Crippen LogP contribution in [0.1, 0.15) is 37.0 Å². The van der Waals surface area contributed by atoms with Gasteiger partial charge in [0.05, 0.1) is 23.2 Å². The molecule has 2 aromatic carbocycles. The van der Waals surface area contributed by atoms with Crippen molar-refractivity contribution in [3.63, 3.8) is 0 Å². The van der Waals surface area contributed by atoms with Gasteiger partial charge in [0.1, 0.15) is 11.7 Å². The summed E-state index contributed by atoms with van der Waals surface area (Å²) < 4.78 is 0. The molecule has 1 amide bonds. The first kappa shape index (κ1) is 23.2. The maximum Gasteiger partial charge on any atom is 0.217 e. The summed E-state index contributed by atoms with van der Waals surface area (Å²) in [5.74, 6) is 3.17. The van der Waals surface area contributed by atoms with E-state index in [0.717, 1.165) is 22.5 Å². The molecule has 164 valence electrons. The molecule has 1 heterocycles. The number of amidine groups is 2. The van der Waals surface area contributed by atoms with Gasteiger partial charge in [-0.2, -0.15) is 5.26 Å². The summed E-state index contributed by atoms with van der Waals surface area (Å²) in [5, 5.41) is 20.8. The van der Waals surface area contributed by atoms with E-state index in [4.69, 9.17) is 22.1 Å². The maximum absolute atomic E-state index is 11.3. The van der Waals surface area contributed by atoms with E-state index in [2.05, 4.69) is 17.3 Å². The molecular weight excluding hydrogens is 410 g/mol. The molecule has 2 N–H and O–H groups in total. The van der Waals surface area contributed by atoms with Crippen LogP contribution >= 0.6 is 0 Å². The molecule has 0 fully saturated rings. The fourth-order valence-electron chi connectivity index (χ4n) is 3.52. The van der Waals surface area contributed by atoms with Gasteiger partial charge in [0.2, 0.25) is 5.91 Å². The number of nitrogens with zero attached hydrogens (tertiary/aromatic N) is 3. The van der Waals surface area contributed by atoms with Gasteiger partial charge in [-0.15, -0.1) is 12.3 Å². The van der Waals surface area contributed by atoms with Crippen LogP contribution in [0.4, 0.5) is 5.69 Å². The lowest BCUT2D eigenvalue weighted by Crippen LogP contribution is -2.44. The third kappa shape index (κ3) is 5.64. The maximum atomic E-state index is 11.3. The van der Waals surface area contributed by atoms with Gasteiger partial charge < -0.3 is 5.32 Å². The molecule has 0 bridgehead atoms. The van der Waals surface area contributed by atoms with Gasteiger partial charge in [-0.05, 0) is 48.4 Å². The van der Waals surface area contributed by atoms with Crippen molar-refractivity contribution in [1.29, 1.82) is 10.7 Å². The van der Waals surface area contributed by atoms with E-state index in [1.807, 2.05) is 61.5 Å². The molecule has 6 heteroatoms. The Morgan fingerprint density at radius 1 is 1.27 bits per heavy atom. The second kappa shape index (κ2) is 10.7. The lowest BCUT2D eigenvalue weighted by Gasteiger charge is -2.34. The number of terminal acetylenes is 1. The summed E-state index contributed by atoms with van der Waals surface area (Å²) in [7, 11) is 0. The van der Waals surface area contributed by atoms with E-state index in [-0.39, 0.29) is 11.8 Å². The summed E-state index contributed by atoms with van der Waals surface area (Å²) in [6.07, 6.45) is 11.6. The Balaban J connectivity index is 2.03. The average Bonchev–Trinajstić information content (AvgIpc) is 2.83. The number of hydrogen-bond acceptors (Lipinski definition) is 4. The first-order chi connectivity index (χ1) is 16.0. The molecule has 0 radical (unpaired) electrons. The van der Waals surface area contributed by atoms with Crippen molar-refractivity contribution in [2.75, 3.05) is 4.90 Å². The summed E-state index contributed by atoms with van der Waals surface area (Å²) in [4.78, 5) is 17.9. The Labute approximate surface area is 194 Å². The quantitative estimate of drug-likeness (QED) is 0.647. The number of carbonyl (C=O) groups excluding carboxylic acids is 1. The van der Waals surface area contributed by atoms with Gasteiger partial charge in [-0.3, -0.25) is 15.1 Å². The molecule has 0 saturated carbocycles. The van der Waals surface area contributed by atoms with Crippen molar-refractivity contribution >= 4 is 29.3 Å². The minimum absolute atomic E-state index is 0.106. The van der Waals surface area contributed by atoms with Crippen molar-refractivity contribution in [1.82, 2.24) is 5.32 Å². The molecule has 3 rings (SSSR count). The second-order valence-electron chi connectivity index (χ2n) is 7.51. The monoisotopic (exact) mass is 435 g/mol. The van der Waals surface area contributed by atoms with Gasteiger partial charge in [-0.1, -0.05) is 36.4 Å². The largest absolute Gasteiger partial charge is 0.352 e. The molecule has 1 unspecified atom stereocenters. The zero-order chi connectivity index (χ0) is 23.8. The Hall–Kier alpha value is -4.42. The number of hydrogen-bond donors (Lipinski definition) is 2. The van der Waals surface area contributed by atoms with Crippen molar-refractivity contribution in [3.05, 3.63) is 83.1 Å². The van der Waals surface area contributed by atoms with Gasteiger partial charge in [-0.25, -0.2) is 4.99 Å². The van der Waals surface area contributed by atoms with Gasteiger partial charge in [0.15, 0.2) is 0 Å². The van der Waals surface area contributed by atoms with Crippen LogP contribution in [0.15, 0.2) is 71.4 Å². The number of nitriles is 1. The van der Waals surface area contributed by atoms with Crippen molar-refractivity contribution in [2.24, 2.45) is 10.9 Å². The molecule has 0 aliphatic carbocycles. The zero-order valence-corrected chi connectivity index (χ0v) is 18.7. The highest BCUT2D eigenvalue weighted by atomic mass is 16.1. The van der Waals surface area contributed by atoms with Crippen LogP contribution in [0.3, 0.4) is 0 Å². The molecule has 6 nitrogen and oxygen atoms in total. The SMILES string of the molecule is C#CCC1C(=N)N(c2cccc(CNC(C)=O)c2)C(/C=C/c2ccc(C#N)cc2)=NC/1=C/C.